The fourth-order valence-electron chi connectivity index (χ4n) is 1.06. The van der Waals surface area contributed by atoms with Crippen LogP contribution in [0.3, 0.4) is 0 Å². The molecule has 0 saturated carbocycles. The van der Waals surface area contributed by atoms with Gasteiger partial charge < -0.3 is 10.5 Å². The predicted octanol–water partition coefficient (Wildman–Crippen LogP) is 1.41. The molecule has 0 bridgehead atoms. The summed E-state index contributed by atoms with van der Waals surface area (Å²) >= 11 is 0. The van der Waals surface area contributed by atoms with Crippen molar-refractivity contribution >= 4 is 5.84 Å². The molecule has 0 fully saturated rings. The van der Waals surface area contributed by atoms with Gasteiger partial charge in [0.1, 0.15) is 24.3 Å². The summed E-state index contributed by atoms with van der Waals surface area (Å²) in [6.07, 6.45) is 1.60. The van der Waals surface area contributed by atoms with E-state index in [1.165, 1.54) is 6.07 Å². The molecule has 4 heteroatoms. The number of amidine groups is 1. The summed E-state index contributed by atoms with van der Waals surface area (Å²) in [4.78, 5) is 0. The minimum atomic E-state index is -0.0678. The van der Waals surface area contributed by atoms with Crippen molar-refractivity contribution in [3.8, 4) is 11.8 Å². The van der Waals surface area contributed by atoms with E-state index in [0.717, 1.165) is 0 Å². The summed E-state index contributed by atoms with van der Waals surface area (Å²) in [6.45, 7) is 3.86. The van der Waals surface area contributed by atoms with Crippen LogP contribution in [0.2, 0.25) is 0 Å². The van der Waals surface area contributed by atoms with E-state index in [9.17, 15) is 0 Å². The van der Waals surface area contributed by atoms with Crippen molar-refractivity contribution in [2.45, 2.75) is 0 Å². The zero-order valence-corrected chi connectivity index (χ0v) is 8.16. The summed E-state index contributed by atoms with van der Waals surface area (Å²) in [5.74, 6) is 0.407. The molecule has 0 atom stereocenters. The van der Waals surface area contributed by atoms with Crippen LogP contribution in [0, 0.1) is 16.7 Å². The standard InChI is InChI=1S/C11H11N3O/c1-2-5-15-10-4-3-8(11(13)14)6-9(10)7-12/h2-4,6H,1,5H2,(H3,13,14). The summed E-state index contributed by atoms with van der Waals surface area (Å²) in [5.41, 5.74) is 6.18. The van der Waals surface area contributed by atoms with Crippen molar-refractivity contribution in [3.63, 3.8) is 0 Å². The Hall–Kier alpha value is -2.28. The van der Waals surface area contributed by atoms with Gasteiger partial charge in [-0.05, 0) is 18.2 Å². The van der Waals surface area contributed by atoms with E-state index in [4.69, 9.17) is 21.1 Å². The molecular weight excluding hydrogens is 190 g/mol. The molecule has 1 rings (SSSR count). The monoisotopic (exact) mass is 201 g/mol. The Morgan fingerprint density at radius 2 is 2.40 bits per heavy atom. The first-order valence-corrected chi connectivity index (χ1v) is 4.31. The minimum absolute atomic E-state index is 0.0678. The molecule has 1 aromatic carbocycles. The van der Waals surface area contributed by atoms with Crippen LogP contribution in [0.15, 0.2) is 30.9 Å². The van der Waals surface area contributed by atoms with Gasteiger partial charge >= 0.3 is 0 Å². The maximum atomic E-state index is 8.86. The Labute approximate surface area is 88.1 Å². The van der Waals surface area contributed by atoms with Gasteiger partial charge in [0.15, 0.2) is 0 Å². The van der Waals surface area contributed by atoms with Crippen LogP contribution in [0.1, 0.15) is 11.1 Å². The number of nitrogens with zero attached hydrogens (tertiary/aromatic N) is 1. The Bertz CT molecular complexity index is 432. The fraction of sp³-hybridized carbons (Fsp3) is 0.0909. The first-order valence-electron chi connectivity index (χ1n) is 4.31. The number of benzene rings is 1. The lowest BCUT2D eigenvalue weighted by atomic mass is 10.1. The number of nitrogens with one attached hydrogen (secondary N) is 1. The van der Waals surface area contributed by atoms with E-state index in [2.05, 4.69) is 6.58 Å². The highest BCUT2D eigenvalue weighted by atomic mass is 16.5. The third kappa shape index (κ3) is 2.58. The van der Waals surface area contributed by atoms with Gasteiger partial charge in [-0.15, -0.1) is 0 Å². The van der Waals surface area contributed by atoms with E-state index < -0.39 is 0 Å². The number of nitriles is 1. The Morgan fingerprint density at radius 1 is 1.67 bits per heavy atom. The smallest absolute Gasteiger partial charge is 0.137 e. The summed E-state index contributed by atoms with van der Waals surface area (Å²) in [5, 5.41) is 16.1. The summed E-state index contributed by atoms with van der Waals surface area (Å²) in [7, 11) is 0. The van der Waals surface area contributed by atoms with Gasteiger partial charge in [0, 0.05) is 5.56 Å². The first-order chi connectivity index (χ1) is 7.19. The fourth-order valence-corrected chi connectivity index (χ4v) is 1.06. The molecule has 4 nitrogen and oxygen atoms in total. The molecule has 0 heterocycles. The molecule has 76 valence electrons. The number of ether oxygens (including phenoxy) is 1. The van der Waals surface area contributed by atoms with Crippen LogP contribution >= 0.6 is 0 Å². The van der Waals surface area contributed by atoms with Gasteiger partial charge in [0.05, 0.1) is 5.56 Å². The average Bonchev–Trinajstić information content (AvgIpc) is 2.25. The number of nitrogens with two attached hydrogens (primary N) is 1. The molecule has 0 radical (unpaired) electrons. The van der Waals surface area contributed by atoms with Crippen molar-refractivity contribution in [1.29, 1.82) is 10.7 Å². The molecule has 0 saturated heterocycles. The van der Waals surface area contributed by atoms with Crippen molar-refractivity contribution in [1.82, 2.24) is 0 Å². The van der Waals surface area contributed by atoms with Gasteiger partial charge in [-0.3, -0.25) is 5.41 Å². The average molecular weight is 201 g/mol. The zero-order chi connectivity index (χ0) is 11.3. The predicted molar refractivity (Wildman–Crippen MR) is 57.9 cm³/mol. The second-order valence-corrected chi connectivity index (χ2v) is 2.84. The number of nitrogen functional groups attached to an aromatic ring is 1. The highest BCUT2D eigenvalue weighted by molar-refractivity contribution is 5.95. The SMILES string of the molecule is C=CCOc1ccc(C(=N)N)cc1C#N. The highest BCUT2D eigenvalue weighted by Gasteiger charge is 2.05. The highest BCUT2D eigenvalue weighted by Crippen LogP contribution is 2.19. The molecule has 0 aliphatic rings. The van der Waals surface area contributed by atoms with Crippen LogP contribution in [-0.4, -0.2) is 12.4 Å². The van der Waals surface area contributed by atoms with Crippen LogP contribution in [-0.2, 0) is 0 Å². The van der Waals surface area contributed by atoms with Gasteiger partial charge in [0.25, 0.3) is 0 Å². The Kier molecular flexibility index (Phi) is 3.47. The van der Waals surface area contributed by atoms with Crippen LogP contribution in [0.4, 0.5) is 0 Å². The quantitative estimate of drug-likeness (QED) is 0.439. The van der Waals surface area contributed by atoms with Gasteiger partial charge in [-0.1, -0.05) is 12.7 Å². The maximum Gasteiger partial charge on any atom is 0.137 e. The summed E-state index contributed by atoms with van der Waals surface area (Å²) in [6, 6.07) is 6.78. The van der Waals surface area contributed by atoms with E-state index >= 15 is 0 Å². The molecule has 0 amide bonds. The van der Waals surface area contributed by atoms with Crippen LogP contribution in [0.5, 0.6) is 5.75 Å². The third-order valence-corrected chi connectivity index (χ3v) is 1.77. The number of rotatable bonds is 4. The van der Waals surface area contributed by atoms with Gasteiger partial charge in [-0.25, -0.2) is 0 Å². The van der Waals surface area contributed by atoms with Crippen LogP contribution in [0.25, 0.3) is 0 Å². The molecular formula is C11H11N3O. The molecule has 1 aromatic rings. The van der Waals surface area contributed by atoms with Crippen molar-refractivity contribution < 1.29 is 4.74 Å². The lowest BCUT2D eigenvalue weighted by Crippen LogP contribution is -2.11. The largest absolute Gasteiger partial charge is 0.488 e. The van der Waals surface area contributed by atoms with E-state index in [-0.39, 0.29) is 5.84 Å². The van der Waals surface area contributed by atoms with Crippen molar-refractivity contribution in [2.24, 2.45) is 5.73 Å². The molecule has 3 N–H and O–H groups in total. The summed E-state index contributed by atoms with van der Waals surface area (Å²) < 4.78 is 5.26. The Morgan fingerprint density at radius 3 is 2.93 bits per heavy atom. The van der Waals surface area contributed by atoms with Gasteiger partial charge in [-0.2, -0.15) is 5.26 Å². The second-order valence-electron chi connectivity index (χ2n) is 2.84. The minimum Gasteiger partial charge on any atom is -0.488 e. The second kappa shape index (κ2) is 4.82. The molecule has 0 spiro atoms. The number of hydrogen-bond acceptors (Lipinski definition) is 3. The van der Waals surface area contributed by atoms with E-state index in [1.807, 2.05) is 6.07 Å². The molecule has 0 unspecified atom stereocenters. The van der Waals surface area contributed by atoms with Crippen molar-refractivity contribution in [3.05, 3.63) is 42.0 Å². The molecule has 0 aromatic heterocycles. The van der Waals surface area contributed by atoms with Crippen molar-refractivity contribution in [2.75, 3.05) is 6.61 Å². The van der Waals surface area contributed by atoms with Gasteiger partial charge in [0.2, 0.25) is 0 Å². The van der Waals surface area contributed by atoms with Crippen LogP contribution < -0.4 is 10.5 Å². The Balaban J connectivity index is 3.05. The first kappa shape index (κ1) is 10.8. The molecule has 0 aliphatic carbocycles. The number of hydrogen-bond donors (Lipinski definition) is 2. The topological polar surface area (TPSA) is 82.9 Å². The van der Waals surface area contributed by atoms with E-state index in [0.29, 0.717) is 23.5 Å². The lowest BCUT2D eigenvalue weighted by Gasteiger charge is -2.06. The van der Waals surface area contributed by atoms with E-state index in [1.54, 1.807) is 18.2 Å². The normalized spacial score (nSPS) is 9.00. The zero-order valence-electron chi connectivity index (χ0n) is 8.16. The molecule has 0 aliphatic heterocycles. The lowest BCUT2D eigenvalue weighted by molar-refractivity contribution is 0.362. The molecule has 15 heavy (non-hydrogen) atoms. The third-order valence-electron chi connectivity index (χ3n) is 1.77. The maximum absolute atomic E-state index is 8.86.